The second-order valence-corrected chi connectivity index (χ2v) is 4.74. The van der Waals surface area contributed by atoms with Gasteiger partial charge in [-0.25, -0.2) is 0 Å². The van der Waals surface area contributed by atoms with E-state index in [1.165, 1.54) is 7.11 Å². The van der Waals surface area contributed by atoms with E-state index in [0.717, 1.165) is 17.7 Å². The van der Waals surface area contributed by atoms with Gasteiger partial charge in [0.1, 0.15) is 12.3 Å². The van der Waals surface area contributed by atoms with E-state index in [-0.39, 0.29) is 18.4 Å². The van der Waals surface area contributed by atoms with Crippen LogP contribution >= 0.6 is 0 Å². The molecule has 0 aromatic heterocycles. The molecule has 1 aromatic rings. The summed E-state index contributed by atoms with van der Waals surface area (Å²) in [6, 6.07) is 7.63. The smallest absolute Gasteiger partial charge is 0.325 e. The van der Waals surface area contributed by atoms with Crippen LogP contribution in [0.2, 0.25) is 0 Å². The van der Waals surface area contributed by atoms with Crippen molar-refractivity contribution in [3.8, 4) is 5.75 Å². The molecule has 0 N–H and O–H groups in total. The predicted octanol–water partition coefficient (Wildman–Crippen LogP) is 2.04. The molecule has 0 fully saturated rings. The Balaban J connectivity index is 2.53. The molecule has 0 saturated heterocycles. The van der Waals surface area contributed by atoms with Crippen molar-refractivity contribution >= 4 is 11.9 Å². The van der Waals surface area contributed by atoms with Crippen LogP contribution in [0.25, 0.3) is 0 Å². The number of benzene rings is 1. The molecule has 0 unspecified atom stereocenters. The highest BCUT2D eigenvalue weighted by atomic mass is 16.5. The van der Waals surface area contributed by atoms with E-state index in [0.29, 0.717) is 19.4 Å². The first kappa shape index (κ1) is 17.0. The van der Waals surface area contributed by atoms with Crippen LogP contribution in [-0.2, 0) is 20.7 Å². The van der Waals surface area contributed by atoms with Gasteiger partial charge in [-0.2, -0.15) is 0 Å². The van der Waals surface area contributed by atoms with Crippen molar-refractivity contribution in [2.24, 2.45) is 0 Å². The molecule has 0 saturated carbocycles. The van der Waals surface area contributed by atoms with Crippen molar-refractivity contribution in [2.45, 2.75) is 26.2 Å². The van der Waals surface area contributed by atoms with Crippen LogP contribution in [0.5, 0.6) is 5.75 Å². The zero-order valence-corrected chi connectivity index (χ0v) is 12.9. The molecule has 21 heavy (non-hydrogen) atoms. The number of carbonyl (C=O) groups excluding carboxylic acids is 2. The molecule has 0 aliphatic heterocycles. The second-order valence-electron chi connectivity index (χ2n) is 4.74. The lowest BCUT2D eigenvalue weighted by molar-refractivity contribution is -0.147. The van der Waals surface area contributed by atoms with Crippen LogP contribution in [0, 0.1) is 0 Å². The number of carbonyl (C=O) groups is 2. The van der Waals surface area contributed by atoms with Gasteiger partial charge in [0.15, 0.2) is 0 Å². The Labute approximate surface area is 125 Å². The standard InChI is InChI=1S/C16H23NO4/c1-4-11-17(12-16(19)21-3)15(18)10-7-13-5-8-14(20-2)9-6-13/h5-6,8-9H,4,7,10-12H2,1-3H3. The fourth-order valence-corrected chi connectivity index (χ4v) is 1.98. The first-order valence-electron chi connectivity index (χ1n) is 7.08. The molecular weight excluding hydrogens is 270 g/mol. The lowest BCUT2D eigenvalue weighted by atomic mass is 10.1. The van der Waals surface area contributed by atoms with Gasteiger partial charge >= 0.3 is 5.97 Å². The Hall–Kier alpha value is -2.04. The van der Waals surface area contributed by atoms with Crippen molar-refractivity contribution in [1.82, 2.24) is 4.90 Å². The lowest BCUT2D eigenvalue weighted by Crippen LogP contribution is -2.36. The summed E-state index contributed by atoms with van der Waals surface area (Å²) >= 11 is 0. The highest BCUT2D eigenvalue weighted by Crippen LogP contribution is 2.13. The molecule has 0 radical (unpaired) electrons. The highest BCUT2D eigenvalue weighted by Gasteiger charge is 2.16. The molecule has 0 bridgehead atoms. The van der Waals surface area contributed by atoms with Crippen LogP contribution < -0.4 is 4.74 Å². The maximum absolute atomic E-state index is 12.2. The maximum atomic E-state index is 12.2. The third-order valence-corrected chi connectivity index (χ3v) is 3.18. The SMILES string of the molecule is CCCN(CC(=O)OC)C(=O)CCc1ccc(OC)cc1. The Morgan fingerprint density at radius 2 is 1.81 bits per heavy atom. The van der Waals surface area contributed by atoms with Crippen LogP contribution in [0.1, 0.15) is 25.3 Å². The summed E-state index contributed by atoms with van der Waals surface area (Å²) < 4.78 is 9.71. The number of ether oxygens (including phenoxy) is 2. The van der Waals surface area contributed by atoms with Gasteiger partial charge in [-0.3, -0.25) is 9.59 Å². The summed E-state index contributed by atoms with van der Waals surface area (Å²) in [5.74, 6) is 0.377. The molecule has 5 nitrogen and oxygen atoms in total. The van der Waals surface area contributed by atoms with E-state index in [1.54, 1.807) is 12.0 Å². The summed E-state index contributed by atoms with van der Waals surface area (Å²) in [4.78, 5) is 25.0. The van der Waals surface area contributed by atoms with Gasteiger partial charge in [0.05, 0.1) is 14.2 Å². The molecule has 1 aromatic carbocycles. The summed E-state index contributed by atoms with van der Waals surface area (Å²) in [5, 5.41) is 0. The van der Waals surface area contributed by atoms with E-state index in [4.69, 9.17) is 4.74 Å². The first-order valence-corrected chi connectivity index (χ1v) is 7.08. The van der Waals surface area contributed by atoms with E-state index >= 15 is 0 Å². The number of nitrogens with zero attached hydrogens (tertiary/aromatic N) is 1. The molecule has 0 atom stereocenters. The van der Waals surface area contributed by atoms with Gasteiger partial charge in [-0.05, 0) is 30.5 Å². The summed E-state index contributed by atoms with van der Waals surface area (Å²) in [6.07, 6.45) is 1.83. The molecule has 0 spiro atoms. The Bertz CT molecular complexity index is 456. The minimum Gasteiger partial charge on any atom is -0.497 e. The molecule has 0 aliphatic carbocycles. The minimum absolute atomic E-state index is 0.0196. The molecule has 116 valence electrons. The highest BCUT2D eigenvalue weighted by molar-refractivity contribution is 5.82. The number of rotatable bonds is 8. The largest absolute Gasteiger partial charge is 0.497 e. The zero-order valence-electron chi connectivity index (χ0n) is 12.9. The number of esters is 1. The van der Waals surface area contributed by atoms with Gasteiger partial charge in [-0.15, -0.1) is 0 Å². The maximum Gasteiger partial charge on any atom is 0.325 e. The van der Waals surface area contributed by atoms with Crippen molar-refractivity contribution in [2.75, 3.05) is 27.3 Å². The third kappa shape index (κ3) is 5.85. The molecule has 1 amide bonds. The van der Waals surface area contributed by atoms with Crippen molar-refractivity contribution in [3.05, 3.63) is 29.8 Å². The predicted molar refractivity (Wildman–Crippen MR) is 80.2 cm³/mol. The topological polar surface area (TPSA) is 55.8 Å². The Kier molecular flexibility index (Phi) is 7.29. The van der Waals surface area contributed by atoms with Crippen LogP contribution in [-0.4, -0.2) is 44.1 Å². The monoisotopic (exact) mass is 293 g/mol. The normalized spacial score (nSPS) is 10.0. The fraction of sp³-hybridized carbons (Fsp3) is 0.500. The van der Waals surface area contributed by atoms with Gasteiger partial charge in [0, 0.05) is 13.0 Å². The van der Waals surface area contributed by atoms with Crippen LogP contribution in [0.4, 0.5) is 0 Å². The quantitative estimate of drug-likeness (QED) is 0.688. The Morgan fingerprint density at radius 1 is 1.14 bits per heavy atom. The third-order valence-electron chi connectivity index (χ3n) is 3.18. The average Bonchev–Trinajstić information content (AvgIpc) is 2.52. The number of hydrogen-bond donors (Lipinski definition) is 0. The Morgan fingerprint density at radius 3 is 2.33 bits per heavy atom. The van der Waals surface area contributed by atoms with Gasteiger partial charge in [-0.1, -0.05) is 19.1 Å². The van der Waals surface area contributed by atoms with E-state index in [2.05, 4.69) is 4.74 Å². The van der Waals surface area contributed by atoms with Crippen molar-refractivity contribution < 1.29 is 19.1 Å². The molecule has 5 heteroatoms. The number of aryl methyl sites for hydroxylation is 1. The van der Waals surface area contributed by atoms with Crippen LogP contribution in [0.3, 0.4) is 0 Å². The van der Waals surface area contributed by atoms with Gasteiger partial charge < -0.3 is 14.4 Å². The van der Waals surface area contributed by atoms with Crippen molar-refractivity contribution in [1.29, 1.82) is 0 Å². The number of amides is 1. The van der Waals surface area contributed by atoms with Gasteiger partial charge in [0.25, 0.3) is 0 Å². The fourth-order valence-electron chi connectivity index (χ4n) is 1.98. The molecular formula is C16H23NO4. The molecule has 1 rings (SSSR count). The molecule has 0 aliphatic rings. The number of hydrogen-bond acceptors (Lipinski definition) is 4. The zero-order chi connectivity index (χ0) is 15.7. The number of methoxy groups -OCH3 is 2. The summed E-state index contributed by atoms with van der Waals surface area (Å²) in [6.45, 7) is 2.56. The minimum atomic E-state index is -0.388. The van der Waals surface area contributed by atoms with Gasteiger partial charge in [0.2, 0.25) is 5.91 Å². The van der Waals surface area contributed by atoms with E-state index in [9.17, 15) is 9.59 Å². The van der Waals surface area contributed by atoms with E-state index < -0.39 is 0 Å². The molecule has 0 heterocycles. The van der Waals surface area contributed by atoms with Crippen molar-refractivity contribution in [3.63, 3.8) is 0 Å². The average molecular weight is 293 g/mol. The van der Waals surface area contributed by atoms with E-state index in [1.807, 2.05) is 31.2 Å². The summed E-state index contributed by atoms with van der Waals surface area (Å²) in [5.41, 5.74) is 1.07. The lowest BCUT2D eigenvalue weighted by Gasteiger charge is -2.20. The van der Waals surface area contributed by atoms with Crippen LogP contribution in [0.15, 0.2) is 24.3 Å². The summed E-state index contributed by atoms with van der Waals surface area (Å²) in [7, 11) is 2.95. The first-order chi connectivity index (χ1) is 10.1. The second kappa shape index (κ2) is 9.00.